The van der Waals surface area contributed by atoms with Gasteiger partial charge in [-0.2, -0.15) is 4.31 Å². The van der Waals surface area contributed by atoms with E-state index in [-0.39, 0.29) is 4.90 Å². The molecule has 7 heteroatoms. The van der Waals surface area contributed by atoms with Crippen LogP contribution in [0, 0.1) is 0 Å². The maximum Gasteiger partial charge on any atom is 0.243 e. The molecule has 0 spiro atoms. The maximum atomic E-state index is 12.5. The average molecular weight is 311 g/mol. The van der Waals surface area contributed by atoms with Crippen LogP contribution in [0.2, 0.25) is 0 Å². The Morgan fingerprint density at radius 1 is 1.14 bits per heavy atom. The highest BCUT2D eigenvalue weighted by Gasteiger charge is 2.27. The van der Waals surface area contributed by atoms with Crippen LogP contribution in [0.4, 0.5) is 0 Å². The molecule has 0 saturated carbocycles. The first-order chi connectivity index (χ1) is 9.82. The fraction of sp³-hybridized carbons (Fsp3) is 0.500. The molecule has 1 atom stereocenters. The summed E-state index contributed by atoms with van der Waals surface area (Å²) in [6.07, 6.45) is 0. The lowest BCUT2D eigenvalue weighted by Gasteiger charge is -2.31. The van der Waals surface area contributed by atoms with E-state index in [2.05, 4.69) is 4.90 Å². The van der Waals surface area contributed by atoms with Crippen molar-refractivity contribution in [3.8, 4) is 0 Å². The highest BCUT2D eigenvalue weighted by molar-refractivity contribution is 7.89. The van der Waals surface area contributed by atoms with E-state index >= 15 is 0 Å². The van der Waals surface area contributed by atoms with Gasteiger partial charge in [0, 0.05) is 26.2 Å². The summed E-state index contributed by atoms with van der Waals surface area (Å²) in [5.74, 6) is -0.852. The number of nitrogens with two attached hydrogens (primary N) is 1. The van der Waals surface area contributed by atoms with Crippen LogP contribution in [-0.4, -0.2) is 56.8 Å². The SMILES string of the molecule is CC(C(N)=O)c1ccc(S(=O)(=O)N2CCN(C)CC2)cc1. The molecule has 0 aromatic heterocycles. The molecule has 21 heavy (non-hydrogen) atoms. The smallest absolute Gasteiger partial charge is 0.243 e. The Morgan fingerprint density at radius 2 is 1.67 bits per heavy atom. The lowest BCUT2D eigenvalue weighted by atomic mass is 10.0. The van der Waals surface area contributed by atoms with Gasteiger partial charge in [-0.3, -0.25) is 4.79 Å². The Kier molecular flexibility index (Phi) is 4.65. The van der Waals surface area contributed by atoms with Crippen molar-refractivity contribution < 1.29 is 13.2 Å². The number of hydrogen-bond donors (Lipinski definition) is 1. The molecule has 2 N–H and O–H groups in total. The van der Waals surface area contributed by atoms with Crippen LogP contribution < -0.4 is 5.73 Å². The monoisotopic (exact) mass is 311 g/mol. The molecule has 1 saturated heterocycles. The van der Waals surface area contributed by atoms with Crippen LogP contribution in [-0.2, 0) is 14.8 Å². The van der Waals surface area contributed by atoms with Gasteiger partial charge in [-0.25, -0.2) is 8.42 Å². The van der Waals surface area contributed by atoms with Gasteiger partial charge < -0.3 is 10.6 Å². The van der Waals surface area contributed by atoms with Crippen molar-refractivity contribution in [3.05, 3.63) is 29.8 Å². The molecule has 0 aliphatic carbocycles. The second-order valence-corrected chi connectivity index (χ2v) is 7.34. The van der Waals surface area contributed by atoms with Gasteiger partial charge in [-0.05, 0) is 31.7 Å². The van der Waals surface area contributed by atoms with Crippen molar-refractivity contribution in [2.24, 2.45) is 5.73 Å². The Labute approximate surface area is 125 Å². The first kappa shape index (κ1) is 15.9. The number of amides is 1. The number of carbonyl (C=O) groups is 1. The van der Waals surface area contributed by atoms with Gasteiger partial charge in [0.05, 0.1) is 10.8 Å². The van der Waals surface area contributed by atoms with Gasteiger partial charge in [-0.15, -0.1) is 0 Å². The Balaban J connectivity index is 2.19. The molecule has 6 nitrogen and oxygen atoms in total. The van der Waals surface area contributed by atoms with Gasteiger partial charge in [0.25, 0.3) is 0 Å². The van der Waals surface area contributed by atoms with Crippen LogP contribution in [0.25, 0.3) is 0 Å². The van der Waals surface area contributed by atoms with Gasteiger partial charge in [0.15, 0.2) is 0 Å². The molecule has 1 aromatic rings. The summed E-state index contributed by atoms with van der Waals surface area (Å²) >= 11 is 0. The molecule has 0 bridgehead atoms. The predicted octanol–water partition coefficient (Wildman–Crippen LogP) is 0.212. The topological polar surface area (TPSA) is 83.7 Å². The molecule has 1 aromatic carbocycles. The number of likely N-dealkylation sites (N-methyl/N-ethyl adjacent to an activating group) is 1. The van der Waals surface area contributed by atoms with Crippen LogP contribution in [0.5, 0.6) is 0 Å². The van der Waals surface area contributed by atoms with Crippen molar-refractivity contribution in [1.29, 1.82) is 0 Å². The molecule has 1 heterocycles. The van der Waals surface area contributed by atoms with E-state index < -0.39 is 21.8 Å². The maximum absolute atomic E-state index is 12.5. The molecule has 2 rings (SSSR count). The molecule has 1 aliphatic rings. The molecule has 1 unspecified atom stereocenters. The fourth-order valence-electron chi connectivity index (χ4n) is 2.27. The summed E-state index contributed by atoms with van der Waals surface area (Å²) in [5.41, 5.74) is 5.97. The summed E-state index contributed by atoms with van der Waals surface area (Å²) in [6.45, 7) is 4.16. The van der Waals surface area contributed by atoms with Gasteiger partial charge in [-0.1, -0.05) is 12.1 Å². The lowest BCUT2D eigenvalue weighted by Crippen LogP contribution is -2.47. The first-order valence-corrected chi connectivity index (χ1v) is 8.34. The first-order valence-electron chi connectivity index (χ1n) is 6.90. The minimum absolute atomic E-state index is 0.257. The van der Waals surface area contributed by atoms with E-state index in [1.807, 2.05) is 7.05 Å². The van der Waals surface area contributed by atoms with Crippen LogP contribution >= 0.6 is 0 Å². The van der Waals surface area contributed by atoms with Crippen molar-refractivity contribution in [1.82, 2.24) is 9.21 Å². The number of piperazine rings is 1. The van der Waals surface area contributed by atoms with Gasteiger partial charge in [0.2, 0.25) is 15.9 Å². The highest BCUT2D eigenvalue weighted by Crippen LogP contribution is 2.21. The van der Waals surface area contributed by atoms with Crippen LogP contribution in [0.1, 0.15) is 18.4 Å². The van der Waals surface area contributed by atoms with Gasteiger partial charge >= 0.3 is 0 Å². The summed E-state index contributed by atoms with van der Waals surface area (Å²) in [6, 6.07) is 6.39. The van der Waals surface area contributed by atoms with Crippen molar-refractivity contribution in [2.45, 2.75) is 17.7 Å². The molecular formula is C14H21N3O3S. The standard InChI is InChI=1S/C14H21N3O3S/c1-11(14(15)18)12-3-5-13(6-4-12)21(19,20)17-9-7-16(2)8-10-17/h3-6,11H,7-10H2,1-2H3,(H2,15,18). The summed E-state index contributed by atoms with van der Waals surface area (Å²) in [5, 5.41) is 0. The molecule has 0 radical (unpaired) electrons. The Morgan fingerprint density at radius 3 is 2.14 bits per heavy atom. The zero-order valence-electron chi connectivity index (χ0n) is 12.3. The molecule has 1 amide bonds. The third kappa shape index (κ3) is 3.42. The Bertz CT molecular complexity index is 605. The van der Waals surface area contributed by atoms with E-state index in [0.717, 1.165) is 18.7 Å². The van der Waals surface area contributed by atoms with E-state index in [4.69, 9.17) is 5.73 Å². The second kappa shape index (κ2) is 6.13. The molecule has 1 fully saturated rings. The van der Waals surface area contributed by atoms with Crippen LogP contribution in [0.3, 0.4) is 0 Å². The summed E-state index contributed by atoms with van der Waals surface area (Å²) in [7, 11) is -1.48. The van der Waals surface area contributed by atoms with Gasteiger partial charge in [0.1, 0.15) is 0 Å². The number of carbonyl (C=O) groups excluding carboxylic acids is 1. The third-order valence-corrected chi connectivity index (χ3v) is 5.82. The third-order valence-electron chi connectivity index (χ3n) is 3.91. The lowest BCUT2D eigenvalue weighted by molar-refractivity contribution is -0.119. The van der Waals surface area contributed by atoms with Crippen LogP contribution in [0.15, 0.2) is 29.2 Å². The minimum Gasteiger partial charge on any atom is -0.369 e. The molecule has 1 aliphatic heterocycles. The predicted molar refractivity (Wildman–Crippen MR) is 80.3 cm³/mol. The average Bonchev–Trinajstić information content (AvgIpc) is 2.47. The molecule has 116 valence electrons. The highest BCUT2D eigenvalue weighted by atomic mass is 32.2. The number of primary amides is 1. The number of sulfonamides is 1. The van der Waals surface area contributed by atoms with E-state index in [9.17, 15) is 13.2 Å². The van der Waals surface area contributed by atoms with Crippen molar-refractivity contribution in [3.63, 3.8) is 0 Å². The Hall–Kier alpha value is -1.44. The zero-order valence-corrected chi connectivity index (χ0v) is 13.1. The van der Waals surface area contributed by atoms with E-state index in [1.54, 1.807) is 31.2 Å². The largest absolute Gasteiger partial charge is 0.369 e. The van der Waals surface area contributed by atoms with Crippen molar-refractivity contribution in [2.75, 3.05) is 33.2 Å². The number of benzene rings is 1. The second-order valence-electron chi connectivity index (χ2n) is 5.40. The quantitative estimate of drug-likeness (QED) is 0.861. The fourth-order valence-corrected chi connectivity index (χ4v) is 3.69. The summed E-state index contributed by atoms with van der Waals surface area (Å²) < 4.78 is 26.5. The zero-order chi connectivity index (χ0) is 15.6. The minimum atomic E-state index is -3.46. The van der Waals surface area contributed by atoms with E-state index in [1.165, 1.54) is 4.31 Å². The number of rotatable bonds is 4. The number of hydrogen-bond acceptors (Lipinski definition) is 4. The summed E-state index contributed by atoms with van der Waals surface area (Å²) in [4.78, 5) is 13.5. The normalized spacial score (nSPS) is 19.3. The number of nitrogens with zero attached hydrogens (tertiary/aromatic N) is 2. The van der Waals surface area contributed by atoms with Crippen molar-refractivity contribution >= 4 is 15.9 Å². The molecular weight excluding hydrogens is 290 g/mol. The van der Waals surface area contributed by atoms with E-state index in [0.29, 0.717) is 13.1 Å².